The summed E-state index contributed by atoms with van der Waals surface area (Å²) in [5.41, 5.74) is 1.68. The minimum Gasteiger partial charge on any atom is -0.379 e. The Bertz CT molecular complexity index is 1310. The highest BCUT2D eigenvalue weighted by molar-refractivity contribution is 7.14. The Balaban J connectivity index is 1.37. The minimum atomic E-state index is -1.54. The maximum atomic E-state index is 13.7. The second-order valence-corrected chi connectivity index (χ2v) is 8.38. The van der Waals surface area contributed by atoms with Crippen LogP contribution in [0, 0.1) is 17.5 Å². The van der Waals surface area contributed by atoms with Gasteiger partial charge in [-0.05, 0) is 24.3 Å². The number of rotatable bonds is 5. The molecule has 1 aromatic carbocycles. The van der Waals surface area contributed by atoms with Crippen LogP contribution in [-0.4, -0.2) is 51.5 Å². The van der Waals surface area contributed by atoms with Crippen molar-refractivity contribution in [1.29, 1.82) is 0 Å². The average molecular weight is 473 g/mol. The molecule has 1 saturated heterocycles. The zero-order chi connectivity index (χ0) is 22.9. The molecule has 0 unspecified atom stereocenters. The SMILES string of the molecule is O=C(Nc1nc(CN2CCOCC2)cs1)c1cccn2cc(-c3cc(F)c(F)c(F)c3)nc12. The van der Waals surface area contributed by atoms with Crippen LogP contribution < -0.4 is 5.32 Å². The molecule has 11 heteroatoms. The molecule has 5 rings (SSSR count). The first kappa shape index (κ1) is 21.6. The Kier molecular flexibility index (Phi) is 5.83. The van der Waals surface area contributed by atoms with Crippen LogP contribution >= 0.6 is 11.3 Å². The molecular formula is C22H18F3N5O2S. The highest BCUT2D eigenvalue weighted by atomic mass is 32.1. The molecular weight excluding hydrogens is 455 g/mol. The number of fused-ring (bicyclic) bond motifs is 1. The van der Waals surface area contributed by atoms with Gasteiger partial charge in [-0.3, -0.25) is 15.0 Å². The van der Waals surface area contributed by atoms with Crippen molar-refractivity contribution >= 4 is 28.0 Å². The molecule has 0 bridgehead atoms. The van der Waals surface area contributed by atoms with Gasteiger partial charge in [0.25, 0.3) is 5.91 Å². The van der Waals surface area contributed by atoms with Gasteiger partial charge in [0.05, 0.1) is 30.2 Å². The lowest BCUT2D eigenvalue weighted by Gasteiger charge is -2.25. The third-order valence-electron chi connectivity index (χ3n) is 5.27. The number of aromatic nitrogens is 3. The first-order chi connectivity index (χ1) is 16.0. The molecule has 1 aliphatic heterocycles. The molecule has 33 heavy (non-hydrogen) atoms. The van der Waals surface area contributed by atoms with E-state index in [2.05, 4.69) is 20.2 Å². The maximum absolute atomic E-state index is 13.7. The van der Waals surface area contributed by atoms with Crippen molar-refractivity contribution in [2.24, 2.45) is 0 Å². The number of hydrogen-bond acceptors (Lipinski definition) is 6. The van der Waals surface area contributed by atoms with Crippen molar-refractivity contribution in [3.63, 3.8) is 0 Å². The van der Waals surface area contributed by atoms with Gasteiger partial charge in [0.2, 0.25) is 0 Å². The Morgan fingerprint density at radius 1 is 1.15 bits per heavy atom. The summed E-state index contributed by atoms with van der Waals surface area (Å²) >= 11 is 1.33. The first-order valence-electron chi connectivity index (χ1n) is 10.2. The van der Waals surface area contributed by atoms with Crippen LogP contribution in [0.3, 0.4) is 0 Å². The molecule has 0 atom stereocenters. The quantitative estimate of drug-likeness (QED) is 0.445. The summed E-state index contributed by atoms with van der Waals surface area (Å²) in [6.07, 6.45) is 3.17. The van der Waals surface area contributed by atoms with Crippen LogP contribution in [0.2, 0.25) is 0 Å². The molecule has 1 fully saturated rings. The van der Waals surface area contributed by atoms with Crippen molar-refractivity contribution < 1.29 is 22.7 Å². The number of ether oxygens (including phenoxy) is 1. The van der Waals surface area contributed by atoms with Crippen molar-refractivity contribution in [2.45, 2.75) is 6.54 Å². The number of nitrogens with one attached hydrogen (secondary N) is 1. The van der Waals surface area contributed by atoms with Gasteiger partial charge in [-0.2, -0.15) is 0 Å². The van der Waals surface area contributed by atoms with E-state index in [0.29, 0.717) is 30.5 Å². The second-order valence-electron chi connectivity index (χ2n) is 7.52. The first-order valence-corrected chi connectivity index (χ1v) is 11.0. The molecule has 0 aliphatic carbocycles. The smallest absolute Gasteiger partial charge is 0.261 e. The zero-order valence-corrected chi connectivity index (χ0v) is 18.0. The van der Waals surface area contributed by atoms with Gasteiger partial charge in [-0.15, -0.1) is 11.3 Å². The Labute approximate surface area is 190 Å². The standard InChI is InChI=1S/C22H18F3N5O2S/c23-16-8-13(9-17(24)19(16)25)18-11-30-3-1-2-15(20(30)27-18)21(31)28-22-26-14(12-33-22)10-29-4-6-32-7-5-29/h1-3,8-9,11-12H,4-7,10H2,(H,26,28,31). The predicted molar refractivity (Wildman–Crippen MR) is 117 cm³/mol. The molecule has 0 radical (unpaired) electrons. The van der Waals surface area contributed by atoms with E-state index in [4.69, 9.17) is 4.74 Å². The number of morpholine rings is 1. The fourth-order valence-electron chi connectivity index (χ4n) is 3.62. The van der Waals surface area contributed by atoms with E-state index in [0.717, 1.165) is 30.9 Å². The number of pyridine rings is 1. The lowest BCUT2D eigenvalue weighted by atomic mass is 10.1. The van der Waals surface area contributed by atoms with Crippen molar-refractivity contribution in [3.8, 4) is 11.3 Å². The summed E-state index contributed by atoms with van der Waals surface area (Å²) in [5, 5.41) is 5.14. The van der Waals surface area contributed by atoms with Gasteiger partial charge >= 0.3 is 0 Å². The molecule has 3 aromatic heterocycles. The van der Waals surface area contributed by atoms with Gasteiger partial charge in [-0.1, -0.05) is 0 Å². The van der Waals surface area contributed by atoms with Crippen LogP contribution in [0.1, 0.15) is 16.1 Å². The predicted octanol–water partition coefficient (Wildman–Crippen LogP) is 3.96. The number of nitrogens with zero attached hydrogens (tertiary/aromatic N) is 4. The van der Waals surface area contributed by atoms with Gasteiger partial charge in [0.15, 0.2) is 22.6 Å². The van der Waals surface area contributed by atoms with Gasteiger partial charge in [-0.25, -0.2) is 23.1 Å². The molecule has 1 N–H and O–H groups in total. The van der Waals surface area contributed by atoms with E-state index < -0.39 is 23.4 Å². The van der Waals surface area contributed by atoms with Crippen LogP contribution in [0.4, 0.5) is 18.3 Å². The Morgan fingerprint density at radius 2 is 1.91 bits per heavy atom. The van der Waals surface area contributed by atoms with E-state index in [1.807, 2.05) is 5.38 Å². The molecule has 1 aliphatic rings. The molecule has 0 saturated carbocycles. The van der Waals surface area contributed by atoms with E-state index in [-0.39, 0.29) is 16.8 Å². The average Bonchev–Trinajstić information content (AvgIpc) is 3.44. The van der Waals surface area contributed by atoms with E-state index >= 15 is 0 Å². The van der Waals surface area contributed by atoms with Crippen LogP contribution in [0.25, 0.3) is 16.9 Å². The van der Waals surface area contributed by atoms with Crippen LogP contribution in [0.5, 0.6) is 0 Å². The molecule has 170 valence electrons. The van der Waals surface area contributed by atoms with E-state index in [9.17, 15) is 18.0 Å². The summed E-state index contributed by atoms with van der Waals surface area (Å²) in [6.45, 7) is 3.75. The number of halogens is 3. The van der Waals surface area contributed by atoms with Crippen molar-refractivity contribution in [3.05, 3.63) is 70.7 Å². The van der Waals surface area contributed by atoms with Crippen molar-refractivity contribution in [2.75, 3.05) is 31.6 Å². The van der Waals surface area contributed by atoms with Crippen molar-refractivity contribution in [1.82, 2.24) is 19.3 Å². The number of benzene rings is 1. The lowest BCUT2D eigenvalue weighted by molar-refractivity contribution is 0.0337. The summed E-state index contributed by atoms with van der Waals surface area (Å²) in [7, 11) is 0. The largest absolute Gasteiger partial charge is 0.379 e. The molecule has 4 aromatic rings. The Hall–Kier alpha value is -3.28. The number of carbonyl (C=O) groups is 1. The number of carbonyl (C=O) groups excluding carboxylic acids is 1. The minimum absolute atomic E-state index is 0.0640. The number of thiazole rings is 1. The fraction of sp³-hybridized carbons (Fsp3) is 0.227. The fourth-order valence-corrected chi connectivity index (χ4v) is 4.32. The number of hydrogen-bond donors (Lipinski definition) is 1. The van der Waals surface area contributed by atoms with Crippen LogP contribution in [-0.2, 0) is 11.3 Å². The number of imidazole rings is 1. The molecule has 1 amide bonds. The summed E-state index contributed by atoms with van der Waals surface area (Å²) < 4.78 is 47.5. The second kappa shape index (κ2) is 8.93. The highest BCUT2D eigenvalue weighted by Gasteiger charge is 2.18. The third kappa shape index (κ3) is 4.47. The number of amides is 1. The van der Waals surface area contributed by atoms with Gasteiger partial charge in [0, 0.05) is 43.0 Å². The van der Waals surface area contributed by atoms with E-state index in [1.54, 1.807) is 22.7 Å². The normalized spacial score (nSPS) is 14.6. The van der Waals surface area contributed by atoms with Gasteiger partial charge in [0.1, 0.15) is 5.65 Å². The summed E-state index contributed by atoms with van der Waals surface area (Å²) in [5.74, 6) is -4.58. The molecule has 0 spiro atoms. The highest BCUT2D eigenvalue weighted by Crippen LogP contribution is 2.25. The van der Waals surface area contributed by atoms with Crippen LogP contribution in [0.15, 0.2) is 42.0 Å². The molecule has 4 heterocycles. The maximum Gasteiger partial charge on any atom is 0.261 e. The van der Waals surface area contributed by atoms with Gasteiger partial charge < -0.3 is 9.14 Å². The third-order valence-corrected chi connectivity index (χ3v) is 6.08. The summed E-state index contributed by atoms with van der Waals surface area (Å²) in [6, 6.07) is 4.98. The topological polar surface area (TPSA) is 71.8 Å². The monoisotopic (exact) mass is 473 g/mol. The summed E-state index contributed by atoms with van der Waals surface area (Å²) in [4.78, 5) is 24.0. The lowest BCUT2D eigenvalue weighted by Crippen LogP contribution is -2.35. The zero-order valence-electron chi connectivity index (χ0n) is 17.2. The number of anilines is 1. The Morgan fingerprint density at radius 3 is 2.67 bits per heavy atom. The molecule has 7 nitrogen and oxygen atoms in total. The van der Waals surface area contributed by atoms with E-state index in [1.165, 1.54) is 17.5 Å².